The monoisotopic (exact) mass is 336 g/mol. The molecule has 0 unspecified atom stereocenters. The Morgan fingerprint density at radius 2 is 1.91 bits per heavy atom. The van der Waals surface area contributed by atoms with Gasteiger partial charge in [-0.1, -0.05) is 6.58 Å². The molecular weight excluding hydrogens is 312 g/mol. The fourth-order valence-corrected chi connectivity index (χ4v) is 3.13. The molecule has 0 aliphatic carbocycles. The predicted molar refractivity (Wildman–Crippen MR) is 94.4 cm³/mol. The lowest BCUT2D eigenvalue weighted by Crippen LogP contribution is -2.32. The Bertz CT molecular complexity index is 491. The molecule has 1 heterocycles. The van der Waals surface area contributed by atoms with Crippen LogP contribution >= 0.6 is 11.9 Å². The van der Waals surface area contributed by atoms with Crippen LogP contribution in [0.4, 0.5) is 5.69 Å². The maximum atomic E-state index is 11.4. The number of ether oxygens (including phenoxy) is 1. The van der Waals surface area contributed by atoms with Gasteiger partial charge in [0.15, 0.2) is 0 Å². The Hall–Kier alpha value is -1.79. The van der Waals surface area contributed by atoms with Crippen molar-refractivity contribution in [2.75, 3.05) is 32.6 Å². The van der Waals surface area contributed by atoms with E-state index in [1.165, 1.54) is 18.1 Å². The van der Waals surface area contributed by atoms with Gasteiger partial charge in [0.05, 0.1) is 13.0 Å². The van der Waals surface area contributed by atoms with E-state index in [9.17, 15) is 4.79 Å². The summed E-state index contributed by atoms with van der Waals surface area (Å²) in [5, 5.41) is 3.11. The van der Waals surface area contributed by atoms with Gasteiger partial charge in [-0.3, -0.25) is 9.59 Å². The zero-order valence-electron chi connectivity index (χ0n) is 13.7. The molecule has 1 aliphatic heterocycles. The summed E-state index contributed by atoms with van der Waals surface area (Å²) in [6, 6.07) is 8.37. The molecule has 1 fully saturated rings. The van der Waals surface area contributed by atoms with Crippen LogP contribution in [0.5, 0.6) is 0 Å². The molecule has 1 aromatic carbocycles. The number of anilines is 1. The number of hydrogen-bond donors (Lipinski definition) is 1. The third-order valence-corrected chi connectivity index (χ3v) is 4.57. The van der Waals surface area contributed by atoms with Crippen LogP contribution in [0, 0.1) is 5.92 Å². The molecule has 0 atom stereocenters. The van der Waals surface area contributed by atoms with Gasteiger partial charge in [0.2, 0.25) is 0 Å². The van der Waals surface area contributed by atoms with Crippen molar-refractivity contribution in [1.82, 2.24) is 4.31 Å². The van der Waals surface area contributed by atoms with Gasteiger partial charge >= 0.3 is 5.97 Å². The number of piperidine rings is 1. The second-order valence-electron chi connectivity index (χ2n) is 4.96. The van der Waals surface area contributed by atoms with Crippen molar-refractivity contribution in [2.24, 2.45) is 5.92 Å². The second kappa shape index (κ2) is 10.9. The smallest absolute Gasteiger partial charge is 0.308 e. The fraction of sp³-hybridized carbons (Fsp3) is 0.412. The van der Waals surface area contributed by atoms with Gasteiger partial charge in [-0.05, 0) is 55.1 Å². The topological polar surface area (TPSA) is 58.6 Å². The number of esters is 1. The summed E-state index contributed by atoms with van der Waals surface area (Å²) in [6.45, 7) is 4.97. The van der Waals surface area contributed by atoms with Crippen LogP contribution in [-0.4, -0.2) is 43.8 Å². The first-order valence-corrected chi connectivity index (χ1v) is 8.26. The first kappa shape index (κ1) is 19.3. The highest BCUT2D eigenvalue weighted by atomic mass is 32.2. The number of nitrogens with one attached hydrogen (secondary N) is 1. The third kappa shape index (κ3) is 6.88. The normalized spacial score (nSPS) is 15.0. The molecule has 0 saturated carbocycles. The van der Waals surface area contributed by atoms with Gasteiger partial charge < -0.3 is 10.1 Å². The molecule has 1 N–H and O–H groups in total. The van der Waals surface area contributed by atoms with E-state index in [1.54, 1.807) is 11.9 Å². The van der Waals surface area contributed by atoms with Crippen LogP contribution in [0.2, 0.25) is 0 Å². The largest absolute Gasteiger partial charge is 0.469 e. The van der Waals surface area contributed by atoms with Crippen molar-refractivity contribution >= 4 is 29.9 Å². The van der Waals surface area contributed by atoms with E-state index in [-0.39, 0.29) is 11.9 Å². The van der Waals surface area contributed by atoms with Gasteiger partial charge in [0, 0.05) is 30.7 Å². The molecule has 2 rings (SSSR count). The number of nitrogens with zero attached hydrogens (tertiary/aromatic N) is 1. The van der Waals surface area contributed by atoms with Crippen molar-refractivity contribution in [1.29, 1.82) is 0 Å². The quantitative estimate of drug-likeness (QED) is 0.386. The number of carbonyl (C=O) groups excluding carboxylic acids is 2. The fourth-order valence-electron chi connectivity index (χ4n) is 2.18. The minimum absolute atomic E-state index is 0.0666. The Labute approximate surface area is 142 Å². The Kier molecular flexibility index (Phi) is 9.09. The molecule has 5 nitrogen and oxygen atoms in total. The van der Waals surface area contributed by atoms with Crippen molar-refractivity contribution in [3.8, 4) is 0 Å². The lowest BCUT2D eigenvalue weighted by molar-refractivity contribution is -0.146. The van der Waals surface area contributed by atoms with Crippen LogP contribution in [-0.2, 0) is 14.3 Å². The van der Waals surface area contributed by atoms with Crippen molar-refractivity contribution in [3.05, 3.63) is 36.9 Å². The first-order chi connectivity index (χ1) is 11.1. The van der Waals surface area contributed by atoms with Crippen LogP contribution < -0.4 is 5.32 Å². The molecule has 126 valence electrons. The summed E-state index contributed by atoms with van der Waals surface area (Å²) < 4.78 is 7.11. The molecular formula is C17H24N2O3S. The Morgan fingerprint density at radius 1 is 1.35 bits per heavy atom. The molecule has 23 heavy (non-hydrogen) atoms. The van der Waals surface area contributed by atoms with E-state index < -0.39 is 0 Å². The molecule has 6 heteroatoms. The van der Waals surface area contributed by atoms with Crippen molar-refractivity contribution < 1.29 is 14.3 Å². The highest BCUT2D eigenvalue weighted by Crippen LogP contribution is 2.29. The number of methoxy groups -OCH3 is 1. The van der Waals surface area contributed by atoms with E-state index in [2.05, 4.69) is 40.5 Å². The number of hydrogen-bond acceptors (Lipinski definition) is 6. The van der Waals surface area contributed by atoms with E-state index in [0.29, 0.717) is 6.29 Å². The average molecular weight is 336 g/mol. The van der Waals surface area contributed by atoms with Crippen molar-refractivity contribution in [3.63, 3.8) is 0 Å². The molecule has 0 spiro atoms. The van der Waals surface area contributed by atoms with E-state index >= 15 is 0 Å². The molecule has 0 aromatic heterocycles. The van der Waals surface area contributed by atoms with Gasteiger partial charge in [0.1, 0.15) is 6.29 Å². The number of rotatable bonds is 5. The highest BCUT2D eigenvalue weighted by molar-refractivity contribution is 7.97. The minimum Gasteiger partial charge on any atom is -0.469 e. The predicted octanol–water partition coefficient (Wildman–Crippen LogP) is 2.99. The zero-order chi connectivity index (χ0) is 17.1. The van der Waals surface area contributed by atoms with Gasteiger partial charge in [-0.25, -0.2) is 4.31 Å². The van der Waals surface area contributed by atoms with Crippen molar-refractivity contribution in [2.45, 2.75) is 17.7 Å². The van der Waals surface area contributed by atoms with Crippen LogP contribution in [0.3, 0.4) is 0 Å². The molecule has 0 bridgehead atoms. The SMILES string of the molecule is C=CC=O.CNc1ccc(SN2CCC(C(=O)OC)CC2)cc1. The van der Waals surface area contributed by atoms with Gasteiger partial charge in [-0.2, -0.15) is 0 Å². The molecule has 1 aromatic rings. The summed E-state index contributed by atoms with van der Waals surface area (Å²) in [5.74, 6) is 0.0107. The minimum atomic E-state index is -0.0666. The molecule has 1 aliphatic rings. The second-order valence-corrected chi connectivity index (χ2v) is 6.13. The average Bonchev–Trinajstić information content (AvgIpc) is 2.62. The summed E-state index contributed by atoms with van der Waals surface area (Å²) >= 11 is 1.76. The van der Waals surface area contributed by atoms with Crippen LogP contribution in [0.25, 0.3) is 0 Å². The van der Waals surface area contributed by atoms with E-state index in [1.807, 2.05) is 7.05 Å². The number of aldehydes is 1. The molecule has 1 saturated heterocycles. The lowest BCUT2D eigenvalue weighted by atomic mass is 9.99. The standard InChI is InChI=1S/C14H20N2O2S.C3H4O/c1-15-12-3-5-13(6-4-12)19-16-9-7-11(8-10-16)14(17)18-2;1-2-3-4/h3-6,11,15H,7-10H2,1-2H3;2-3H,1H2. The first-order valence-electron chi connectivity index (χ1n) is 7.49. The number of benzene rings is 1. The van der Waals surface area contributed by atoms with Crippen LogP contribution in [0.1, 0.15) is 12.8 Å². The summed E-state index contributed by atoms with van der Waals surface area (Å²) in [7, 11) is 3.38. The molecule has 0 amide bonds. The third-order valence-electron chi connectivity index (χ3n) is 3.46. The summed E-state index contributed by atoms with van der Waals surface area (Å²) in [4.78, 5) is 21.7. The van der Waals surface area contributed by atoms with Gasteiger partial charge in [-0.15, -0.1) is 0 Å². The Balaban J connectivity index is 0.000000593. The summed E-state index contributed by atoms with van der Waals surface area (Å²) in [5.41, 5.74) is 1.12. The molecule has 0 radical (unpaired) electrons. The summed E-state index contributed by atoms with van der Waals surface area (Å²) in [6.07, 6.45) is 3.60. The van der Waals surface area contributed by atoms with E-state index in [0.717, 1.165) is 31.6 Å². The Morgan fingerprint density at radius 3 is 2.35 bits per heavy atom. The highest BCUT2D eigenvalue weighted by Gasteiger charge is 2.25. The van der Waals surface area contributed by atoms with Gasteiger partial charge in [0.25, 0.3) is 0 Å². The number of allylic oxidation sites excluding steroid dienone is 1. The lowest BCUT2D eigenvalue weighted by Gasteiger charge is -2.29. The maximum absolute atomic E-state index is 11.4. The zero-order valence-corrected chi connectivity index (χ0v) is 14.5. The van der Waals surface area contributed by atoms with Crippen LogP contribution in [0.15, 0.2) is 41.8 Å². The number of carbonyl (C=O) groups is 2. The van der Waals surface area contributed by atoms with E-state index in [4.69, 9.17) is 9.53 Å². The maximum Gasteiger partial charge on any atom is 0.308 e.